The molecule has 7 nitrogen and oxygen atoms in total. The molecule has 32 heavy (non-hydrogen) atoms. The summed E-state index contributed by atoms with van der Waals surface area (Å²) >= 11 is 0. The molecule has 2 heterocycles. The van der Waals surface area contributed by atoms with Crippen molar-refractivity contribution in [3.8, 4) is 11.1 Å². The molecule has 0 saturated heterocycles. The second-order valence-electron chi connectivity index (χ2n) is 7.82. The van der Waals surface area contributed by atoms with E-state index in [4.69, 9.17) is 4.74 Å². The maximum Gasteiger partial charge on any atom is 0.277 e. The number of aromatic nitrogens is 3. The SMILES string of the molecule is COCCn1cnc2c(-c3ccccc3)cn(CC(=O)Nc3ccc(C)c(C)c3)c2c1=O. The van der Waals surface area contributed by atoms with E-state index in [1.807, 2.05) is 68.6 Å². The second kappa shape index (κ2) is 9.20. The van der Waals surface area contributed by atoms with Crippen LogP contribution in [-0.2, 0) is 22.6 Å². The highest BCUT2D eigenvalue weighted by Crippen LogP contribution is 2.27. The molecular weight excluding hydrogens is 404 g/mol. The highest BCUT2D eigenvalue weighted by Gasteiger charge is 2.18. The van der Waals surface area contributed by atoms with Gasteiger partial charge in [-0.15, -0.1) is 0 Å². The molecule has 0 spiro atoms. The van der Waals surface area contributed by atoms with Crippen LogP contribution in [0.2, 0.25) is 0 Å². The lowest BCUT2D eigenvalue weighted by Gasteiger charge is -2.10. The van der Waals surface area contributed by atoms with Gasteiger partial charge < -0.3 is 14.6 Å². The molecular formula is C25H26N4O3. The Kier molecular flexibility index (Phi) is 6.18. The lowest BCUT2D eigenvalue weighted by molar-refractivity contribution is -0.116. The lowest BCUT2D eigenvalue weighted by Crippen LogP contribution is -2.26. The zero-order chi connectivity index (χ0) is 22.7. The standard InChI is InChI=1S/C25H26N4O3/c1-17-9-10-20(13-18(17)2)27-22(30)15-29-14-21(19-7-5-4-6-8-19)23-24(29)25(31)28(16-26-23)11-12-32-3/h4-10,13-14,16H,11-12,15H2,1-3H3,(H,27,30). The molecule has 0 fully saturated rings. The summed E-state index contributed by atoms with van der Waals surface area (Å²) in [7, 11) is 1.59. The number of hydrogen-bond donors (Lipinski definition) is 1. The monoisotopic (exact) mass is 430 g/mol. The molecule has 4 rings (SSSR count). The zero-order valence-corrected chi connectivity index (χ0v) is 18.5. The Labute approximate surface area is 186 Å². The molecule has 0 aliphatic carbocycles. The number of rotatable bonds is 7. The van der Waals surface area contributed by atoms with Crippen LogP contribution in [0.5, 0.6) is 0 Å². The van der Waals surface area contributed by atoms with E-state index in [0.717, 1.165) is 27.9 Å². The van der Waals surface area contributed by atoms with Gasteiger partial charge in [-0.25, -0.2) is 4.98 Å². The average Bonchev–Trinajstić information content (AvgIpc) is 3.15. The van der Waals surface area contributed by atoms with Crippen molar-refractivity contribution in [3.05, 3.63) is 82.5 Å². The minimum absolute atomic E-state index is 0.00146. The van der Waals surface area contributed by atoms with Gasteiger partial charge in [-0.2, -0.15) is 0 Å². The quantitative estimate of drug-likeness (QED) is 0.484. The number of benzene rings is 2. The number of methoxy groups -OCH3 is 1. The summed E-state index contributed by atoms with van der Waals surface area (Å²) in [4.78, 5) is 30.7. The van der Waals surface area contributed by atoms with Crippen molar-refractivity contribution in [1.82, 2.24) is 14.1 Å². The number of carbonyl (C=O) groups is 1. The molecule has 0 bridgehead atoms. The van der Waals surface area contributed by atoms with E-state index < -0.39 is 0 Å². The molecule has 164 valence electrons. The summed E-state index contributed by atoms with van der Waals surface area (Å²) in [6.45, 7) is 4.82. The van der Waals surface area contributed by atoms with E-state index in [2.05, 4.69) is 10.3 Å². The zero-order valence-electron chi connectivity index (χ0n) is 18.5. The Bertz CT molecular complexity index is 1320. The van der Waals surface area contributed by atoms with Crippen LogP contribution in [0.25, 0.3) is 22.2 Å². The van der Waals surface area contributed by atoms with E-state index in [-0.39, 0.29) is 18.0 Å². The number of aryl methyl sites for hydroxylation is 2. The van der Waals surface area contributed by atoms with Gasteiger partial charge in [0.25, 0.3) is 5.56 Å². The van der Waals surface area contributed by atoms with E-state index in [1.54, 1.807) is 11.7 Å². The number of fused-ring (bicyclic) bond motifs is 1. The topological polar surface area (TPSA) is 78.2 Å². The van der Waals surface area contributed by atoms with E-state index in [0.29, 0.717) is 24.2 Å². The number of nitrogens with zero attached hydrogens (tertiary/aromatic N) is 3. The van der Waals surface area contributed by atoms with Gasteiger partial charge in [-0.1, -0.05) is 36.4 Å². The molecule has 4 aromatic rings. The molecule has 1 N–H and O–H groups in total. The van der Waals surface area contributed by atoms with Crippen molar-refractivity contribution in [1.29, 1.82) is 0 Å². The first-order valence-corrected chi connectivity index (χ1v) is 10.5. The van der Waals surface area contributed by atoms with E-state index in [9.17, 15) is 9.59 Å². The van der Waals surface area contributed by atoms with Crippen LogP contribution in [0, 0.1) is 13.8 Å². The summed E-state index contributed by atoms with van der Waals surface area (Å²) in [5.41, 5.74) is 5.52. The molecule has 0 saturated carbocycles. The first-order valence-electron chi connectivity index (χ1n) is 10.5. The highest BCUT2D eigenvalue weighted by atomic mass is 16.5. The van der Waals surface area contributed by atoms with Crippen LogP contribution in [0.1, 0.15) is 11.1 Å². The Morgan fingerprint density at radius 3 is 2.56 bits per heavy atom. The molecule has 7 heteroatoms. The van der Waals surface area contributed by atoms with Crippen LogP contribution >= 0.6 is 0 Å². The first kappa shape index (κ1) is 21.5. The minimum Gasteiger partial charge on any atom is -0.383 e. The molecule has 0 aliphatic heterocycles. The Hall–Kier alpha value is -3.71. The summed E-state index contributed by atoms with van der Waals surface area (Å²) in [5, 5.41) is 2.93. The molecule has 0 atom stereocenters. The fraction of sp³-hybridized carbons (Fsp3) is 0.240. The maximum atomic E-state index is 13.2. The van der Waals surface area contributed by atoms with Crippen molar-refractivity contribution < 1.29 is 9.53 Å². The Morgan fingerprint density at radius 2 is 1.84 bits per heavy atom. The van der Waals surface area contributed by atoms with Gasteiger partial charge in [0.15, 0.2) is 0 Å². The average molecular weight is 431 g/mol. The smallest absolute Gasteiger partial charge is 0.277 e. The number of ether oxygens (including phenoxy) is 1. The van der Waals surface area contributed by atoms with Crippen LogP contribution < -0.4 is 10.9 Å². The van der Waals surface area contributed by atoms with Gasteiger partial charge in [0, 0.05) is 24.6 Å². The van der Waals surface area contributed by atoms with Gasteiger partial charge >= 0.3 is 0 Å². The third kappa shape index (κ3) is 4.33. The highest BCUT2D eigenvalue weighted by molar-refractivity contribution is 5.95. The first-order chi connectivity index (χ1) is 15.5. The fourth-order valence-electron chi connectivity index (χ4n) is 3.69. The third-order valence-electron chi connectivity index (χ3n) is 5.57. The fourth-order valence-corrected chi connectivity index (χ4v) is 3.69. The summed E-state index contributed by atoms with van der Waals surface area (Å²) in [5.74, 6) is -0.212. The van der Waals surface area contributed by atoms with E-state index >= 15 is 0 Å². The van der Waals surface area contributed by atoms with Gasteiger partial charge in [-0.3, -0.25) is 14.2 Å². The summed E-state index contributed by atoms with van der Waals surface area (Å²) in [6.07, 6.45) is 3.37. The van der Waals surface area contributed by atoms with Crippen LogP contribution in [0.4, 0.5) is 5.69 Å². The second-order valence-corrected chi connectivity index (χ2v) is 7.82. The van der Waals surface area contributed by atoms with Crippen LogP contribution in [0.3, 0.4) is 0 Å². The van der Waals surface area contributed by atoms with Crippen molar-refractivity contribution in [3.63, 3.8) is 0 Å². The third-order valence-corrected chi connectivity index (χ3v) is 5.57. The predicted molar refractivity (Wildman–Crippen MR) is 126 cm³/mol. The molecule has 2 aromatic carbocycles. The Morgan fingerprint density at radius 1 is 1.06 bits per heavy atom. The number of hydrogen-bond acceptors (Lipinski definition) is 4. The van der Waals surface area contributed by atoms with E-state index in [1.165, 1.54) is 10.9 Å². The number of amides is 1. The maximum absolute atomic E-state index is 13.2. The van der Waals surface area contributed by atoms with Crippen LogP contribution in [-0.4, -0.2) is 33.7 Å². The van der Waals surface area contributed by atoms with Gasteiger partial charge in [0.05, 0.1) is 19.5 Å². The largest absolute Gasteiger partial charge is 0.383 e. The number of nitrogens with one attached hydrogen (secondary N) is 1. The molecule has 0 radical (unpaired) electrons. The molecule has 0 aliphatic rings. The van der Waals surface area contributed by atoms with Crippen molar-refractivity contribution in [2.75, 3.05) is 19.0 Å². The molecule has 2 aromatic heterocycles. The lowest BCUT2D eigenvalue weighted by atomic mass is 10.1. The molecule has 1 amide bonds. The van der Waals surface area contributed by atoms with Crippen molar-refractivity contribution in [2.45, 2.75) is 26.9 Å². The molecule has 0 unspecified atom stereocenters. The van der Waals surface area contributed by atoms with Crippen molar-refractivity contribution >= 4 is 22.6 Å². The van der Waals surface area contributed by atoms with Gasteiger partial charge in [-0.05, 0) is 42.7 Å². The predicted octanol–water partition coefficient (Wildman–Crippen LogP) is 3.77. The van der Waals surface area contributed by atoms with Crippen LogP contribution in [0.15, 0.2) is 65.8 Å². The number of carbonyl (C=O) groups excluding carboxylic acids is 1. The van der Waals surface area contributed by atoms with Gasteiger partial charge in [0.2, 0.25) is 5.91 Å². The normalized spacial score (nSPS) is 11.1. The summed E-state index contributed by atoms with van der Waals surface area (Å²) in [6, 6.07) is 15.5. The van der Waals surface area contributed by atoms with Crippen molar-refractivity contribution in [2.24, 2.45) is 0 Å². The summed E-state index contributed by atoms with van der Waals surface area (Å²) < 4.78 is 8.31. The number of anilines is 1. The van der Waals surface area contributed by atoms with Gasteiger partial charge in [0.1, 0.15) is 17.6 Å². The Balaban J connectivity index is 1.74. The minimum atomic E-state index is -0.212.